The Bertz CT molecular complexity index is 3320. The van der Waals surface area contributed by atoms with Gasteiger partial charge in [0.1, 0.15) is 46.0 Å². The third-order valence-electron chi connectivity index (χ3n) is 13.1. The molecule has 12 heteroatoms. The van der Waals surface area contributed by atoms with Crippen LogP contribution in [0.2, 0.25) is 0 Å². The highest BCUT2D eigenvalue weighted by Gasteiger charge is 2.30. The Kier molecular flexibility index (Phi) is 18.7. The standard InChI is InChI=1S/3C16H18O3.C15H16O3/c1-4-16(2,3)15(18)19-14-10-6-7-11-12(14)8-5-9-13(11)17;1-4-16(2,3)15(18)19-14-8-6-11-9-13(17)7-5-12(11)10-14;1-4-16(2,3)15(18)19-12-8-9-13-11(10-12)6-5-7-14(13)17;1-15(2,3)14(17)18-13-9-8-12(16)10-6-4-5-7-11(10)13/h3*5-10,17H,4H2,1-3H3;4-9,16H,1-3H3. The lowest BCUT2D eigenvalue weighted by molar-refractivity contribution is -0.144. The fourth-order valence-electron chi connectivity index (χ4n) is 6.70. The van der Waals surface area contributed by atoms with E-state index in [1.54, 1.807) is 124 Å². The van der Waals surface area contributed by atoms with Gasteiger partial charge in [-0.25, -0.2) is 0 Å². The molecule has 0 amide bonds. The molecule has 0 spiro atoms. The highest BCUT2D eigenvalue weighted by atomic mass is 16.5. The molecular formula is C63H70O12. The highest BCUT2D eigenvalue weighted by molar-refractivity contribution is 5.96. The van der Waals surface area contributed by atoms with E-state index in [0.29, 0.717) is 40.2 Å². The zero-order chi connectivity index (χ0) is 55.5. The predicted molar refractivity (Wildman–Crippen MR) is 297 cm³/mol. The van der Waals surface area contributed by atoms with Gasteiger partial charge >= 0.3 is 23.9 Å². The first-order valence-corrected chi connectivity index (χ1v) is 25.0. The van der Waals surface area contributed by atoms with Gasteiger partial charge in [0.2, 0.25) is 0 Å². The molecule has 12 nitrogen and oxygen atoms in total. The van der Waals surface area contributed by atoms with Crippen molar-refractivity contribution in [3.63, 3.8) is 0 Å². The maximum Gasteiger partial charge on any atom is 0.316 e. The number of carbonyl (C=O) groups excluding carboxylic acids is 4. The second kappa shape index (κ2) is 24.3. The van der Waals surface area contributed by atoms with Crippen LogP contribution in [0.1, 0.15) is 102 Å². The summed E-state index contributed by atoms with van der Waals surface area (Å²) in [7, 11) is 0. The summed E-state index contributed by atoms with van der Waals surface area (Å²) in [5, 5.41) is 44.9. The van der Waals surface area contributed by atoms with Gasteiger partial charge in [0.15, 0.2) is 0 Å². The molecule has 0 unspecified atom stereocenters. The van der Waals surface area contributed by atoms with E-state index in [2.05, 4.69) is 0 Å². The van der Waals surface area contributed by atoms with Crippen molar-refractivity contribution >= 4 is 67.0 Å². The topological polar surface area (TPSA) is 186 Å². The maximum absolute atomic E-state index is 12.1. The van der Waals surface area contributed by atoms with Gasteiger partial charge in [0, 0.05) is 26.9 Å². The third kappa shape index (κ3) is 15.0. The average Bonchev–Trinajstić information content (AvgIpc) is 3.38. The van der Waals surface area contributed by atoms with Gasteiger partial charge in [0.05, 0.1) is 21.7 Å². The molecular weight excluding hydrogens is 949 g/mol. The largest absolute Gasteiger partial charge is 0.508 e. The van der Waals surface area contributed by atoms with E-state index in [4.69, 9.17) is 18.9 Å². The molecule has 394 valence electrons. The van der Waals surface area contributed by atoms with Gasteiger partial charge < -0.3 is 39.4 Å². The molecule has 8 rings (SSSR count). The van der Waals surface area contributed by atoms with E-state index in [0.717, 1.165) is 45.2 Å². The Balaban J connectivity index is 0.000000185. The van der Waals surface area contributed by atoms with Gasteiger partial charge in [0.25, 0.3) is 0 Å². The Labute approximate surface area is 439 Å². The Hall–Kier alpha value is -8.12. The van der Waals surface area contributed by atoms with Crippen molar-refractivity contribution in [3.8, 4) is 46.0 Å². The van der Waals surface area contributed by atoms with Crippen molar-refractivity contribution in [2.45, 2.75) is 102 Å². The molecule has 0 aliphatic heterocycles. The van der Waals surface area contributed by atoms with Gasteiger partial charge in [-0.2, -0.15) is 0 Å². The van der Waals surface area contributed by atoms with Gasteiger partial charge in [-0.05, 0) is 171 Å². The molecule has 0 aromatic heterocycles. The quantitative estimate of drug-likeness (QED) is 0.0751. The van der Waals surface area contributed by atoms with Gasteiger partial charge in [-0.1, -0.05) is 93.6 Å². The van der Waals surface area contributed by atoms with Crippen LogP contribution in [0.25, 0.3) is 43.1 Å². The first-order chi connectivity index (χ1) is 35.2. The van der Waals surface area contributed by atoms with Crippen molar-refractivity contribution in [1.29, 1.82) is 0 Å². The van der Waals surface area contributed by atoms with Gasteiger partial charge in [-0.3, -0.25) is 19.2 Å². The molecule has 0 fully saturated rings. The first-order valence-electron chi connectivity index (χ1n) is 25.0. The van der Waals surface area contributed by atoms with E-state index in [-0.39, 0.29) is 46.9 Å². The van der Waals surface area contributed by atoms with Crippen molar-refractivity contribution in [2.24, 2.45) is 21.7 Å². The zero-order valence-electron chi connectivity index (χ0n) is 45.0. The van der Waals surface area contributed by atoms with Crippen LogP contribution in [0, 0.1) is 21.7 Å². The highest BCUT2D eigenvalue weighted by Crippen LogP contribution is 2.36. The van der Waals surface area contributed by atoms with Crippen molar-refractivity contribution < 1.29 is 58.6 Å². The van der Waals surface area contributed by atoms with Crippen LogP contribution < -0.4 is 18.9 Å². The number of rotatable bonds is 10. The number of carbonyl (C=O) groups is 4. The molecule has 75 heavy (non-hydrogen) atoms. The SMILES string of the molecule is CC(C)(C)C(=O)Oc1ccc(O)c2ccccc12.CCC(C)(C)C(=O)Oc1ccc2c(O)cccc2c1.CCC(C)(C)C(=O)Oc1ccc2cc(O)ccc2c1.CCC(C)(C)C(=O)Oc1cccc2c(O)cccc12. The van der Waals surface area contributed by atoms with Crippen LogP contribution >= 0.6 is 0 Å². The van der Waals surface area contributed by atoms with Crippen LogP contribution in [0.5, 0.6) is 46.0 Å². The summed E-state index contributed by atoms with van der Waals surface area (Å²) in [4.78, 5) is 48.0. The summed E-state index contributed by atoms with van der Waals surface area (Å²) in [6.07, 6.45) is 2.16. The Morgan fingerprint density at radius 1 is 0.360 bits per heavy atom. The van der Waals surface area contributed by atoms with Gasteiger partial charge in [-0.15, -0.1) is 0 Å². The van der Waals surface area contributed by atoms with Crippen molar-refractivity contribution in [1.82, 2.24) is 0 Å². The van der Waals surface area contributed by atoms with Crippen LogP contribution in [0.3, 0.4) is 0 Å². The summed E-state index contributed by atoms with van der Waals surface area (Å²) in [5.41, 5.74) is -2.05. The number of phenolic OH excluding ortho intramolecular Hbond substituents is 4. The predicted octanol–water partition coefficient (Wildman–Crippen LogP) is 15.2. The van der Waals surface area contributed by atoms with Crippen LogP contribution in [-0.4, -0.2) is 44.3 Å². The summed E-state index contributed by atoms with van der Waals surface area (Å²) in [6, 6.07) is 41.9. The average molecular weight is 1020 g/mol. The molecule has 4 N–H and O–H groups in total. The van der Waals surface area contributed by atoms with Crippen LogP contribution in [0.4, 0.5) is 0 Å². The molecule has 0 saturated heterocycles. The number of hydrogen-bond acceptors (Lipinski definition) is 12. The maximum atomic E-state index is 12.1. The van der Waals surface area contributed by atoms with Crippen LogP contribution in [0.15, 0.2) is 146 Å². The number of esters is 4. The second-order valence-electron chi connectivity index (χ2n) is 21.1. The second-order valence-corrected chi connectivity index (χ2v) is 21.1. The summed E-state index contributed by atoms with van der Waals surface area (Å²) in [5.74, 6) is 1.80. The normalized spacial score (nSPS) is 11.5. The van der Waals surface area contributed by atoms with E-state index in [1.165, 1.54) is 6.07 Å². The first kappa shape index (κ1) is 57.8. The fourth-order valence-corrected chi connectivity index (χ4v) is 6.70. The van der Waals surface area contributed by atoms with Crippen LogP contribution in [-0.2, 0) is 19.2 Å². The molecule has 8 aromatic carbocycles. The minimum absolute atomic E-state index is 0.182. The minimum atomic E-state index is -0.557. The summed E-state index contributed by atoms with van der Waals surface area (Å²) >= 11 is 0. The number of phenols is 4. The van der Waals surface area contributed by atoms with E-state index < -0.39 is 21.7 Å². The minimum Gasteiger partial charge on any atom is -0.508 e. The number of aromatic hydroxyl groups is 4. The molecule has 0 saturated carbocycles. The smallest absolute Gasteiger partial charge is 0.316 e. The summed E-state index contributed by atoms with van der Waals surface area (Å²) in [6.45, 7) is 22.5. The third-order valence-corrected chi connectivity index (χ3v) is 13.1. The summed E-state index contributed by atoms with van der Waals surface area (Å²) < 4.78 is 21.7. The lowest BCUT2D eigenvalue weighted by Crippen LogP contribution is -2.28. The zero-order valence-corrected chi connectivity index (χ0v) is 45.0. The fraction of sp³-hybridized carbons (Fsp3) is 0.302. The Morgan fingerprint density at radius 3 is 1.32 bits per heavy atom. The number of hydrogen-bond donors (Lipinski definition) is 4. The van der Waals surface area contributed by atoms with Crippen molar-refractivity contribution in [2.75, 3.05) is 0 Å². The Morgan fingerprint density at radius 2 is 0.760 bits per heavy atom. The molecule has 0 atom stereocenters. The van der Waals surface area contributed by atoms with E-state index >= 15 is 0 Å². The number of benzene rings is 8. The number of fused-ring (bicyclic) bond motifs is 4. The molecule has 8 aromatic rings. The lowest BCUT2D eigenvalue weighted by atomic mass is 9.90. The molecule has 0 aliphatic rings. The molecule has 0 radical (unpaired) electrons. The molecule has 0 aliphatic carbocycles. The van der Waals surface area contributed by atoms with Crippen molar-refractivity contribution in [3.05, 3.63) is 146 Å². The number of ether oxygens (including phenoxy) is 4. The molecule has 0 heterocycles. The monoisotopic (exact) mass is 1020 g/mol. The lowest BCUT2D eigenvalue weighted by Gasteiger charge is -2.20. The molecule has 0 bridgehead atoms. The van der Waals surface area contributed by atoms with E-state index in [1.807, 2.05) is 98.7 Å². The van der Waals surface area contributed by atoms with E-state index in [9.17, 15) is 39.6 Å².